The van der Waals surface area contributed by atoms with Gasteiger partial charge in [0, 0.05) is 26.3 Å². The number of rotatable bonds is 12. The Morgan fingerprint density at radius 3 is 2.14 bits per heavy atom. The van der Waals surface area contributed by atoms with Gasteiger partial charge in [-0.1, -0.05) is 70.5 Å². The third kappa shape index (κ3) is 10.0. The number of amides is 4. The minimum atomic E-state index is -0.678. The summed E-state index contributed by atoms with van der Waals surface area (Å²) < 4.78 is 5.81. The zero-order valence-corrected chi connectivity index (χ0v) is 30.5. The van der Waals surface area contributed by atoms with E-state index in [0.717, 1.165) is 15.8 Å². The van der Waals surface area contributed by atoms with Crippen molar-refractivity contribution in [3.8, 4) is 0 Å². The van der Waals surface area contributed by atoms with Crippen LogP contribution in [0, 0.1) is 6.92 Å². The van der Waals surface area contributed by atoms with Crippen molar-refractivity contribution in [2.75, 3.05) is 28.8 Å². The van der Waals surface area contributed by atoms with Crippen LogP contribution in [0.5, 0.6) is 0 Å². The largest absolute Gasteiger partial charge is 0.465 e. The third-order valence-electron chi connectivity index (χ3n) is 7.20. The van der Waals surface area contributed by atoms with Gasteiger partial charge in [0.15, 0.2) is 0 Å². The van der Waals surface area contributed by atoms with Crippen molar-refractivity contribution in [2.45, 2.75) is 11.8 Å². The summed E-state index contributed by atoms with van der Waals surface area (Å²) >= 11 is 5.59. The van der Waals surface area contributed by atoms with E-state index in [1.807, 2.05) is 18.2 Å². The number of nitrogens with one attached hydrogen (secondary N) is 4. The monoisotopic (exact) mass is 782 g/mol. The van der Waals surface area contributed by atoms with Crippen LogP contribution in [-0.4, -0.2) is 42.5 Å². The van der Waals surface area contributed by atoms with Crippen molar-refractivity contribution >= 4 is 91.1 Å². The standard InChI is InChI=1S/C38H31BrN4O6S2/c1-23-32(38(48)49-2)37(51-33(23)36(47)40-27-12-7-4-8-13-27)43-31(44)22-50-29-15-9-14-28(21-29)41-35(46)30(20-24-16-18-26(39)19-17-24)42-34(45)25-10-5-3-6-11-25/h3-21H,22H2,1-2H3,(H,40,47)(H,41,46)(H,42,45)(H,43,44)/b30-20+. The van der Waals surface area contributed by atoms with E-state index in [2.05, 4.69) is 37.2 Å². The molecule has 0 aliphatic rings. The summed E-state index contributed by atoms with van der Waals surface area (Å²) in [7, 11) is 1.23. The Balaban J connectivity index is 1.26. The molecule has 1 aromatic heterocycles. The lowest BCUT2D eigenvalue weighted by Crippen LogP contribution is -2.30. The normalized spacial score (nSPS) is 10.9. The molecule has 5 rings (SSSR count). The van der Waals surface area contributed by atoms with E-state index in [-0.39, 0.29) is 26.9 Å². The first-order valence-electron chi connectivity index (χ1n) is 15.4. The Labute approximate surface area is 310 Å². The molecule has 258 valence electrons. The lowest BCUT2D eigenvalue weighted by atomic mass is 10.1. The smallest absolute Gasteiger partial charge is 0.341 e. The first kappa shape index (κ1) is 36.8. The van der Waals surface area contributed by atoms with E-state index in [1.54, 1.807) is 104 Å². The molecule has 5 aromatic rings. The number of anilines is 3. The molecular formula is C38H31BrN4O6S2. The highest BCUT2D eigenvalue weighted by Gasteiger charge is 2.26. The second-order valence-electron chi connectivity index (χ2n) is 10.8. The third-order valence-corrected chi connectivity index (χ3v) is 9.93. The molecule has 0 saturated heterocycles. The molecule has 4 amide bonds. The van der Waals surface area contributed by atoms with Gasteiger partial charge >= 0.3 is 5.97 Å². The molecule has 0 spiro atoms. The fraction of sp³-hybridized carbons (Fsp3) is 0.0789. The van der Waals surface area contributed by atoms with Crippen LogP contribution >= 0.6 is 39.0 Å². The molecule has 0 atom stereocenters. The van der Waals surface area contributed by atoms with E-state index in [9.17, 15) is 24.0 Å². The van der Waals surface area contributed by atoms with E-state index in [1.165, 1.54) is 18.9 Å². The van der Waals surface area contributed by atoms with Crippen molar-refractivity contribution in [1.29, 1.82) is 0 Å². The Morgan fingerprint density at radius 1 is 0.784 bits per heavy atom. The van der Waals surface area contributed by atoms with Crippen molar-refractivity contribution in [2.24, 2.45) is 0 Å². The average Bonchev–Trinajstić information content (AvgIpc) is 3.46. The maximum Gasteiger partial charge on any atom is 0.341 e. The lowest BCUT2D eigenvalue weighted by Gasteiger charge is -2.12. The fourth-order valence-corrected chi connectivity index (χ4v) is 6.84. The van der Waals surface area contributed by atoms with Crippen molar-refractivity contribution < 1.29 is 28.7 Å². The quantitative estimate of drug-likeness (QED) is 0.0571. The van der Waals surface area contributed by atoms with Gasteiger partial charge in [0.05, 0.1) is 23.3 Å². The molecule has 0 bridgehead atoms. The highest BCUT2D eigenvalue weighted by Crippen LogP contribution is 2.35. The van der Waals surface area contributed by atoms with Crippen LogP contribution in [0.1, 0.15) is 41.5 Å². The van der Waals surface area contributed by atoms with Crippen LogP contribution in [-0.2, 0) is 14.3 Å². The highest BCUT2D eigenvalue weighted by atomic mass is 79.9. The van der Waals surface area contributed by atoms with Gasteiger partial charge in [-0.15, -0.1) is 23.1 Å². The second kappa shape index (κ2) is 17.4. The zero-order valence-electron chi connectivity index (χ0n) is 27.3. The zero-order chi connectivity index (χ0) is 36.3. The van der Waals surface area contributed by atoms with Crippen molar-refractivity contribution in [3.63, 3.8) is 0 Å². The minimum Gasteiger partial charge on any atom is -0.465 e. The number of ether oxygens (including phenoxy) is 1. The number of carbonyl (C=O) groups is 5. The summed E-state index contributed by atoms with van der Waals surface area (Å²) in [6.07, 6.45) is 1.58. The Morgan fingerprint density at radius 2 is 1.45 bits per heavy atom. The van der Waals surface area contributed by atoms with Gasteiger partial charge in [-0.25, -0.2) is 4.79 Å². The van der Waals surface area contributed by atoms with E-state index in [0.29, 0.717) is 33.0 Å². The lowest BCUT2D eigenvalue weighted by molar-refractivity contribution is -0.114. The van der Waals surface area contributed by atoms with Gasteiger partial charge < -0.3 is 26.0 Å². The topological polar surface area (TPSA) is 143 Å². The molecule has 10 nitrogen and oxygen atoms in total. The molecule has 4 N–H and O–H groups in total. The minimum absolute atomic E-state index is 0.0353. The maximum absolute atomic E-state index is 13.5. The predicted octanol–water partition coefficient (Wildman–Crippen LogP) is 8.00. The second-order valence-corrected chi connectivity index (χ2v) is 13.8. The number of para-hydroxylation sites is 1. The number of thiophene rings is 1. The van der Waals surface area contributed by atoms with Crippen LogP contribution in [0.4, 0.5) is 16.4 Å². The molecule has 0 unspecified atom stereocenters. The van der Waals surface area contributed by atoms with Gasteiger partial charge in [-0.05, 0) is 78.7 Å². The number of methoxy groups -OCH3 is 1. The average molecular weight is 784 g/mol. The summed E-state index contributed by atoms with van der Waals surface area (Å²) in [5.41, 5.74) is 2.66. The van der Waals surface area contributed by atoms with Crippen LogP contribution in [0.15, 0.2) is 124 Å². The highest BCUT2D eigenvalue weighted by molar-refractivity contribution is 9.10. The Hall–Kier alpha value is -5.50. The van der Waals surface area contributed by atoms with Gasteiger partial charge in [0.1, 0.15) is 10.7 Å². The van der Waals surface area contributed by atoms with Crippen LogP contribution < -0.4 is 21.3 Å². The summed E-state index contributed by atoms with van der Waals surface area (Å²) in [6, 6.07) is 31.6. The Bertz CT molecular complexity index is 2100. The molecule has 0 aliphatic carbocycles. The first-order valence-corrected chi connectivity index (χ1v) is 18.0. The predicted molar refractivity (Wildman–Crippen MR) is 205 cm³/mol. The summed E-state index contributed by atoms with van der Waals surface area (Å²) in [4.78, 5) is 66.2. The summed E-state index contributed by atoms with van der Waals surface area (Å²) in [5.74, 6) is -2.54. The molecule has 1 heterocycles. The molecular weight excluding hydrogens is 752 g/mol. The molecule has 13 heteroatoms. The van der Waals surface area contributed by atoms with Crippen LogP contribution in [0.3, 0.4) is 0 Å². The van der Waals surface area contributed by atoms with E-state index < -0.39 is 29.6 Å². The van der Waals surface area contributed by atoms with Crippen LogP contribution in [0.25, 0.3) is 6.08 Å². The van der Waals surface area contributed by atoms with E-state index in [4.69, 9.17) is 4.74 Å². The molecule has 0 radical (unpaired) electrons. The number of thioether (sulfide) groups is 1. The van der Waals surface area contributed by atoms with Gasteiger partial charge in [0.2, 0.25) is 5.91 Å². The van der Waals surface area contributed by atoms with Crippen molar-refractivity contribution in [3.05, 3.63) is 146 Å². The molecule has 0 fully saturated rings. The van der Waals surface area contributed by atoms with Gasteiger partial charge in [-0.2, -0.15) is 0 Å². The van der Waals surface area contributed by atoms with Crippen LogP contribution in [0.2, 0.25) is 0 Å². The number of esters is 1. The fourth-order valence-electron chi connectivity index (χ4n) is 4.72. The van der Waals surface area contributed by atoms with Gasteiger partial charge in [-0.3, -0.25) is 19.2 Å². The van der Waals surface area contributed by atoms with Crippen molar-refractivity contribution in [1.82, 2.24) is 5.32 Å². The molecule has 4 aromatic carbocycles. The summed E-state index contributed by atoms with van der Waals surface area (Å²) in [6.45, 7) is 1.62. The number of benzene rings is 4. The number of hydrogen-bond acceptors (Lipinski definition) is 8. The molecule has 0 saturated carbocycles. The summed E-state index contributed by atoms with van der Waals surface area (Å²) in [5, 5.41) is 11.3. The number of hydrogen-bond donors (Lipinski definition) is 4. The first-order chi connectivity index (χ1) is 24.6. The maximum atomic E-state index is 13.5. The van der Waals surface area contributed by atoms with E-state index >= 15 is 0 Å². The van der Waals surface area contributed by atoms with Gasteiger partial charge in [0.25, 0.3) is 17.7 Å². The Kier molecular flexibility index (Phi) is 12.6. The SMILES string of the molecule is COC(=O)c1c(NC(=O)CSc2cccc(NC(=O)/C(=C\c3ccc(Br)cc3)NC(=O)c3ccccc3)c2)sc(C(=O)Nc2ccccc2)c1C. The number of carbonyl (C=O) groups excluding carboxylic acids is 5. The molecule has 0 aliphatic heterocycles. The molecule has 51 heavy (non-hydrogen) atoms. The number of halogens is 1.